The largest absolute Gasteiger partial charge is 0.384 e. The molecule has 0 atom stereocenters. The van der Waals surface area contributed by atoms with Gasteiger partial charge in [-0.25, -0.2) is 9.97 Å². The molecule has 1 heterocycles. The van der Waals surface area contributed by atoms with E-state index in [9.17, 15) is 0 Å². The number of hydrogen-bond donors (Lipinski definition) is 0. The minimum Gasteiger partial charge on any atom is -0.384 e. The van der Waals surface area contributed by atoms with Crippen LogP contribution in [0.25, 0.3) is 0 Å². The molecule has 0 amide bonds. The van der Waals surface area contributed by atoms with Crippen LogP contribution in [0.1, 0.15) is 32.3 Å². The van der Waals surface area contributed by atoms with Gasteiger partial charge in [-0.1, -0.05) is 32.4 Å². The maximum absolute atomic E-state index is 5.94. The molecule has 1 rings (SSSR count). The normalized spacial score (nSPS) is 11.8. The lowest BCUT2D eigenvalue weighted by Gasteiger charge is -2.17. The number of hydrogen-bond acceptors (Lipinski definition) is 3. The van der Waals surface area contributed by atoms with Crippen LogP contribution >= 0.6 is 11.6 Å². The van der Waals surface area contributed by atoms with Crippen LogP contribution < -0.4 is 0 Å². The van der Waals surface area contributed by atoms with E-state index in [0.29, 0.717) is 11.8 Å². The van der Waals surface area contributed by atoms with Gasteiger partial charge in [-0.2, -0.15) is 0 Å². The van der Waals surface area contributed by atoms with E-state index in [1.165, 1.54) is 0 Å². The first-order valence-electron chi connectivity index (χ1n) is 4.96. The molecule has 0 unspecified atom stereocenters. The van der Waals surface area contributed by atoms with Gasteiger partial charge in [-0.15, -0.1) is 0 Å². The van der Waals surface area contributed by atoms with Crippen LogP contribution in [0.3, 0.4) is 0 Å². The fourth-order valence-electron chi connectivity index (χ4n) is 1.13. The number of aromatic nitrogens is 2. The fraction of sp³-hybridized carbons (Fsp3) is 0.636. The Bertz CT molecular complexity index is 334. The lowest BCUT2D eigenvalue weighted by Crippen LogP contribution is -2.17. The molecule has 15 heavy (non-hydrogen) atoms. The molecule has 0 saturated carbocycles. The van der Waals surface area contributed by atoms with Gasteiger partial charge in [0.25, 0.3) is 0 Å². The Morgan fingerprint density at radius 2 is 2.00 bits per heavy atom. The van der Waals surface area contributed by atoms with Gasteiger partial charge in [0, 0.05) is 24.6 Å². The van der Waals surface area contributed by atoms with Gasteiger partial charge in [0.05, 0.1) is 6.61 Å². The predicted octanol–water partition coefficient (Wildman–Crippen LogP) is 2.62. The Morgan fingerprint density at radius 1 is 1.33 bits per heavy atom. The first kappa shape index (κ1) is 12.4. The van der Waals surface area contributed by atoms with Gasteiger partial charge < -0.3 is 4.74 Å². The van der Waals surface area contributed by atoms with Crippen molar-refractivity contribution in [1.29, 1.82) is 0 Å². The van der Waals surface area contributed by atoms with Crippen molar-refractivity contribution in [2.75, 3.05) is 13.7 Å². The maximum Gasteiger partial charge on any atom is 0.135 e. The van der Waals surface area contributed by atoms with Crippen LogP contribution in [-0.4, -0.2) is 23.7 Å². The Morgan fingerprint density at radius 3 is 2.53 bits per heavy atom. The van der Waals surface area contributed by atoms with Crippen molar-refractivity contribution < 1.29 is 4.74 Å². The zero-order valence-corrected chi connectivity index (χ0v) is 10.4. The number of ether oxygens (including phenoxy) is 1. The standard InChI is InChI=1S/C11H17ClN2O/c1-11(2,3)10-13-8(5-6-15-4)7-9(12)14-10/h7H,5-6H2,1-4H3. The number of halogens is 1. The lowest BCUT2D eigenvalue weighted by atomic mass is 9.95. The molecule has 84 valence electrons. The molecular formula is C11H17ClN2O. The van der Waals surface area contributed by atoms with Crippen LogP contribution in [0.5, 0.6) is 0 Å². The summed E-state index contributed by atoms with van der Waals surface area (Å²) in [7, 11) is 1.67. The van der Waals surface area contributed by atoms with E-state index in [2.05, 4.69) is 30.7 Å². The van der Waals surface area contributed by atoms with E-state index in [4.69, 9.17) is 16.3 Å². The molecule has 3 nitrogen and oxygen atoms in total. The molecule has 0 aliphatic carbocycles. The van der Waals surface area contributed by atoms with Crippen LogP contribution in [0.4, 0.5) is 0 Å². The van der Waals surface area contributed by atoms with Crippen molar-refractivity contribution >= 4 is 11.6 Å². The highest BCUT2D eigenvalue weighted by molar-refractivity contribution is 6.29. The molecule has 0 bridgehead atoms. The third-order valence-electron chi connectivity index (χ3n) is 1.98. The predicted molar refractivity (Wildman–Crippen MR) is 61.3 cm³/mol. The van der Waals surface area contributed by atoms with Crippen molar-refractivity contribution in [3.63, 3.8) is 0 Å². The highest BCUT2D eigenvalue weighted by atomic mass is 35.5. The SMILES string of the molecule is COCCc1cc(Cl)nc(C(C)(C)C)n1. The molecular weight excluding hydrogens is 212 g/mol. The first-order valence-corrected chi connectivity index (χ1v) is 5.34. The molecule has 0 aromatic carbocycles. The third-order valence-corrected chi connectivity index (χ3v) is 2.17. The first-order chi connectivity index (χ1) is 6.93. The van der Waals surface area contributed by atoms with E-state index < -0.39 is 0 Å². The van der Waals surface area contributed by atoms with Crippen LogP contribution in [0, 0.1) is 0 Å². The zero-order chi connectivity index (χ0) is 11.5. The molecule has 0 aliphatic rings. The van der Waals surface area contributed by atoms with Crippen LogP contribution in [0.15, 0.2) is 6.07 Å². The molecule has 1 aromatic heterocycles. The van der Waals surface area contributed by atoms with Gasteiger partial charge >= 0.3 is 0 Å². The molecule has 0 N–H and O–H groups in total. The van der Waals surface area contributed by atoms with Crippen LogP contribution in [-0.2, 0) is 16.6 Å². The lowest BCUT2D eigenvalue weighted by molar-refractivity contribution is 0.201. The second-order valence-electron chi connectivity index (χ2n) is 4.50. The average Bonchev–Trinajstić information content (AvgIpc) is 2.12. The van der Waals surface area contributed by atoms with E-state index in [-0.39, 0.29) is 5.41 Å². The van der Waals surface area contributed by atoms with Gasteiger partial charge in [-0.05, 0) is 6.07 Å². The highest BCUT2D eigenvalue weighted by Gasteiger charge is 2.18. The van der Waals surface area contributed by atoms with Crippen molar-refractivity contribution in [2.45, 2.75) is 32.6 Å². The molecule has 0 saturated heterocycles. The van der Waals surface area contributed by atoms with Crippen molar-refractivity contribution in [2.24, 2.45) is 0 Å². The van der Waals surface area contributed by atoms with Gasteiger partial charge in [0.15, 0.2) is 0 Å². The zero-order valence-electron chi connectivity index (χ0n) is 9.67. The summed E-state index contributed by atoms with van der Waals surface area (Å²) in [5.74, 6) is 0.779. The summed E-state index contributed by atoms with van der Waals surface area (Å²) in [6.45, 7) is 6.85. The maximum atomic E-state index is 5.94. The fourth-order valence-corrected chi connectivity index (χ4v) is 1.34. The summed E-state index contributed by atoms with van der Waals surface area (Å²) < 4.78 is 5.01. The van der Waals surface area contributed by atoms with Crippen LogP contribution in [0.2, 0.25) is 5.15 Å². The molecule has 0 radical (unpaired) electrons. The van der Waals surface area contributed by atoms with E-state index in [1.807, 2.05) is 0 Å². The van der Waals surface area contributed by atoms with E-state index in [0.717, 1.165) is 17.9 Å². The van der Waals surface area contributed by atoms with E-state index in [1.54, 1.807) is 13.2 Å². The molecule has 4 heteroatoms. The Labute approximate surface area is 95.8 Å². The minimum atomic E-state index is -0.0767. The Kier molecular flexibility index (Phi) is 4.05. The average molecular weight is 229 g/mol. The van der Waals surface area contributed by atoms with Crippen molar-refractivity contribution in [3.05, 3.63) is 22.7 Å². The third kappa shape index (κ3) is 3.76. The number of nitrogens with zero attached hydrogens (tertiary/aromatic N) is 2. The number of rotatable bonds is 3. The topological polar surface area (TPSA) is 35.0 Å². The Hall–Kier alpha value is -0.670. The summed E-state index contributed by atoms with van der Waals surface area (Å²) in [6.07, 6.45) is 0.766. The summed E-state index contributed by atoms with van der Waals surface area (Å²) in [5, 5.41) is 0.501. The van der Waals surface area contributed by atoms with E-state index >= 15 is 0 Å². The quantitative estimate of drug-likeness (QED) is 0.746. The van der Waals surface area contributed by atoms with Gasteiger partial charge in [-0.3, -0.25) is 0 Å². The summed E-state index contributed by atoms with van der Waals surface area (Å²) in [6, 6.07) is 1.79. The second-order valence-corrected chi connectivity index (χ2v) is 4.89. The summed E-state index contributed by atoms with van der Waals surface area (Å²) >= 11 is 5.94. The van der Waals surface area contributed by atoms with Crippen molar-refractivity contribution in [1.82, 2.24) is 9.97 Å². The minimum absolute atomic E-state index is 0.0767. The van der Waals surface area contributed by atoms with Crippen molar-refractivity contribution in [3.8, 4) is 0 Å². The summed E-state index contributed by atoms with van der Waals surface area (Å²) in [5.41, 5.74) is 0.856. The molecule has 0 aliphatic heterocycles. The molecule has 1 aromatic rings. The van der Waals surface area contributed by atoms with Gasteiger partial charge in [0.2, 0.25) is 0 Å². The highest BCUT2D eigenvalue weighted by Crippen LogP contribution is 2.20. The van der Waals surface area contributed by atoms with Gasteiger partial charge in [0.1, 0.15) is 11.0 Å². The Balaban J connectivity index is 2.95. The molecule has 0 spiro atoms. The smallest absolute Gasteiger partial charge is 0.135 e. The monoisotopic (exact) mass is 228 g/mol. The number of methoxy groups -OCH3 is 1. The second kappa shape index (κ2) is 4.90. The molecule has 0 fully saturated rings. The summed E-state index contributed by atoms with van der Waals surface area (Å²) in [4.78, 5) is 8.69.